The second-order valence-electron chi connectivity index (χ2n) is 9.00. The van der Waals surface area contributed by atoms with Crippen molar-refractivity contribution >= 4 is 50.8 Å². The summed E-state index contributed by atoms with van der Waals surface area (Å²) in [4.78, 5) is 47.0. The van der Waals surface area contributed by atoms with Crippen molar-refractivity contribution in [3.8, 4) is 0 Å². The molecule has 12 nitrogen and oxygen atoms in total. The molecular weight excluding hydrogens is 550 g/mol. The van der Waals surface area contributed by atoms with Crippen LogP contribution < -0.4 is 5.32 Å². The van der Waals surface area contributed by atoms with Crippen molar-refractivity contribution in [1.29, 1.82) is 0 Å². The number of hydrogen-bond donors (Lipinski definition) is 2. The van der Waals surface area contributed by atoms with Crippen LogP contribution in [0, 0.1) is 5.92 Å². The number of hydrogen-bond acceptors (Lipinski definition) is 10. The van der Waals surface area contributed by atoms with E-state index in [1.165, 1.54) is 12.2 Å². The molecule has 0 spiro atoms. The number of ether oxygens (including phenoxy) is 3. The summed E-state index contributed by atoms with van der Waals surface area (Å²) < 4.78 is 38.5. The van der Waals surface area contributed by atoms with Crippen LogP contribution in [0.4, 0.5) is 4.79 Å². The van der Waals surface area contributed by atoms with Gasteiger partial charge in [-0.2, -0.15) is 0 Å². The van der Waals surface area contributed by atoms with Crippen molar-refractivity contribution in [3.63, 3.8) is 0 Å². The topological polar surface area (TPSA) is 150 Å². The zero-order valence-corrected chi connectivity index (χ0v) is 23.4. The van der Waals surface area contributed by atoms with E-state index in [4.69, 9.17) is 31.0 Å². The summed E-state index contributed by atoms with van der Waals surface area (Å²) in [5.41, 5.74) is 0.797. The smallest absolute Gasteiger partial charge is 0.431 e. The predicted octanol–water partition coefficient (Wildman–Crippen LogP) is 1.46. The lowest BCUT2D eigenvalue weighted by atomic mass is 9.82. The lowest BCUT2D eigenvalue weighted by molar-refractivity contribution is -0.136. The maximum absolute atomic E-state index is 12.2. The van der Waals surface area contributed by atoms with Crippen molar-refractivity contribution in [3.05, 3.63) is 48.0 Å². The highest BCUT2D eigenvalue weighted by Crippen LogP contribution is 2.48. The monoisotopic (exact) mass is 582 g/mol. The molecule has 0 aliphatic carbocycles. The average molecular weight is 582 g/mol. The number of rotatable bonds is 14. The molecule has 1 fully saturated rings. The summed E-state index contributed by atoms with van der Waals surface area (Å²) in [6, 6.07) is 8.74. The molecule has 0 bridgehead atoms. The zero-order chi connectivity index (χ0) is 28.4. The summed E-state index contributed by atoms with van der Waals surface area (Å²) in [6.45, 7) is 0.477. The third kappa shape index (κ3) is 9.52. The fourth-order valence-corrected chi connectivity index (χ4v) is 5.18. The molecule has 0 saturated carbocycles. The number of phosphoric acid groups is 1. The number of nitrogens with zero attached hydrogens (tertiary/aromatic N) is 1. The van der Waals surface area contributed by atoms with Crippen molar-refractivity contribution in [1.82, 2.24) is 10.2 Å². The molecule has 2 N–H and O–H groups in total. The average Bonchev–Trinajstić information content (AvgIpc) is 3.39. The van der Waals surface area contributed by atoms with Gasteiger partial charge in [-0.1, -0.05) is 42.5 Å². The molecule has 1 saturated heterocycles. The lowest BCUT2D eigenvalue weighted by Crippen LogP contribution is -2.35. The predicted molar refractivity (Wildman–Crippen MR) is 145 cm³/mol. The third-order valence-corrected chi connectivity index (χ3v) is 7.65. The van der Waals surface area contributed by atoms with Crippen LogP contribution >= 0.6 is 20.0 Å². The van der Waals surface area contributed by atoms with Crippen LogP contribution in [0.5, 0.6) is 0 Å². The van der Waals surface area contributed by atoms with Crippen LogP contribution in [-0.4, -0.2) is 85.6 Å². The molecule has 212 valence electrons. The highest BCUT2D eigenvalue weighted by atomic mass is 32.1. The second kappa shape index (κ2) is 14.7. The Hall–Kier alpha value is -2.61. The minimum Gasteiger partial charge on any atom is -0.431 e. The number of thiocarbonyl (C=S) groups is 1. The van der Waals surface area contributed by atoms with Crippen LogP contribution in [0.15, 0.2) is 42.5 Å². The Morgan fingerprint density at radius 2 is 1.90 bits per heavy atom. The third-order valence-electron chi connectivity index (χ3n) is 6.33. The number of benzene rings is 1. The molecule has 1 aromatic carbocycles. The molecule has 3 rings (SSSR count). The van der Waals surface area contributed by atoms with Crippen molar-refractivity contribution in [2.24, 2.45) is 5.92 Å². The van der Waals surface area contributed by atoms with Gasteiger partial charge in [-0.15, -0.1) is 0 Å². The van der Waals surface area contributed by atoms with Gasteiger partial charge in [-0.05, 0) is 18.4 Å². The molecule has 1 aromatic rings. The maximum atomic E-state index is 12.2. The Morgan fingerprint density at radius 1 is 1.21 bits per heavy atom. The molecule has 2 heterocycles. The van der Waals surface area contributed by atoms with Gasteiger partial charge in [-0.3, -0.25) is 23.5 Å². The maximum Gasteiger partial charge on any atom is 0.508 e. The Kier molecular flexibility index (Phi) is 11.6. The molecule has 15 heteroatoms. The fraction of sp³-hybridized carbons (Fsp3) is 0.500. The summed E-state index contributed by atoms with van der Waals surface area (Å²) in [7, 11) is -1.49. The summed E-state index contributed by atoms with van der Waals surface area (Å²) in [5.74, 6) is -1.02. The molecule has 2 aliphatic heterocycles. The van der Waals surface area contributed by atoms with Crippen molar-refractivity contribution in [2.75, 3.05) is 26.8 Å². The van der Waals surface area contributed by atoms with Gasteiger partial charge in [-0.25, -0.2) is 9.36 Å². The van der Waals surface area contributed by atoms with Gasteiger partial charge in [0.2, 0.25) is 0 Å². The number of carbonyl (C=O) groups is 3. The van der Waals surface area contributed by atoms with E-state index in [-0.39, 0.29) is 43.5 Å². The van der Waals surface area contributed by atoms with E-state index in [0.29, 0.717) is 30.8 Å². The van der Waals surface area contributed by atoms with Crippen LogP contribution in [0.3, 0.4) is 0 Å². The molecule has 39 heavy (non-hydrogen) atoms. The van der Waals surface area contributed by atoms with E-state index in [1.54, 1.807) is 7.85 Å². The number of nitrogens with one attached hydrogen (secondary N) is 1. The van der Waals surface area contributed by atoms with Gasteiger partial charge in [0, 0.05) is 50.7 Å². The van der Waals surface area contributed by atoms with Gasteiger partial charge in [0.15, 0.2) is 0 Å². The van der Waals surface area contributed by atoms with Crippen LogP contribution in [0.25, 0.3) is 0 Å². The Balaban J connectivity index is 1.46. The minimum absolute atomic E-state index is 0.0378. The summed E-state index contributed by atoms with van der Waals surface area (Å²) >= 11 is 5.30. The normalized spacial score (nSPS) is 24.0. The van der Waals surface area contributed by atoms with Gasteiger partial charge in [0.25, 0.3) is 11.8 Å². The molecule has 2 amide bonds. The largest absolute Gasteiger partial charge is 0.508 e. The first-order valence-corrected chi connectivity index (χ1v) is 14.4. The van der Waals surface area contributed by atoms with Gasteiger partial charge < -0.3 is 24.4 Å². The molecule has 0 radical (unpaired) electrons. The van der Waals surface area contributed by atoms with Gasteiger partial charge in [0.05, 0.1) is 4.99 Å². The molecule has 2 aliphatic rings. The summed E-state index contributed by atoms with van der Waals surface area (Å²) in [6.07, 6.45) is 1.33. The Bertz CT molecular complexity index is 1090. The fourth-order valence-electron chi connectivity index (χ4n) is 4.30. The number of carbonyl (C=O) groups excluding carboxylic acids is 3. The number of amides is 2. The first kappa shape index (κ1) is 30.9. The standard InChI is InChI=1S/C24H32BN2O10PS/c1-33-38(31,32)37-22-17(8-5-12-26-19(39)11-13-27-20(28)9-10-21(27)29)23(25)36-18(22)15-35-24(30)34-14-16-6-3-2-4-7-16/h2-4,6-7,9-10,17-18,22-23H,5,8,11-15,25H2,1H3,(H,26,39)(H,31,32)/t17?,18-,22-,23-/m1/s1. The highest BCUT2D eigenvalue weighted by Gasteiger charge is 2.46. The summed E-state index contributed by atoms with van der Waals surface area (Å²) in [5, 5.41) is 3.09. The van der Waals surface area contributed by atoms with Crippen molar-refractivity contribution in [2.45, 2.75) is 44.1 Å². The van der Waals surface area contributed by atoms with E-state index < -0.39 is 26.2 Å². The molecular formula is C24H32BN2O10PS. The van der Waals surface area contributed by atoms with E-state index in [9.17, 15) is 23.8 Å². The number of phosphoric ester groups is 1. The number of imide groups is 1. The Morgan fingerprint density at radius 3 is 2.56 bits per heavy atom. The van der Waals surface area contributed by atoms with Gasteiger partial charge >= 0.3 is 14.0 Å². The lowest BCUT2D eigenvalue weighted by Gasteiger charge is -2.25. The quantitative estimate of drug-likeness (QED) is 0.0817. The second-order valence-corrected chi connectivity index (χ2v) is 11.0. The van der Waals surface area contributed by atoms with Crippen LogP contribution in [-0.2, 0) is 44.0 Å². The van der Waals surface area contributed by atoms with E-state index in [2.05, 4.69) is 9.84 Å². The molecule has 0 aromatic heterocycles. The first-order valence-electron chi connectivity index (χ1n) is 12.5. The molecule has 2 unspecified atom stereocenters. The van der Waals surface area contributed by atoms with Crippen LogP contribution in [0.1, 0.15) is 24.8 Å². The Labute approximate surface area is 233 Å². The van der Waals surface area contributed by atoms with Crippen LogP contribution in [0.2, 0.25) is 0 Å². The van der Waals surface area contributed by atoms with E-state index in [0.717, 1.165) is 17.6 Å². The van der Waals surface area contributed by atoms with E-state index in [1.807, 2.05) is 30.3 Å². The molecule has 5 atom stereocenters. The minimum atomic E-state index is -4.36. The van der Waals surface area contributed by atoms with Gasteiger partial charge in [0.1, 0.15) is 33.3 Å². The SMILES string of the molecule is B[C@@H]1O[C@H](COC(=O)OCc2ccccc2)[C@H](OP(=O)(O)OC)C1CCCNC(=S)CCN1C(=O)C=CC1=O. The zero-order valence-electron chi connectivity index (χ0n) is 21.7. The van der Waals surface area contributed by atoms with E-state index >= 15 is 0 Å². The van der Waals surface area contributed by atoms with Crippen molar-refractivity contribution < 1.29 is 47.1 Å². The highest BCUT2D eigenvalue weighted by molar-refractivity contribution is 7.80. The first-order chi connectivity index (χ1) is 18.6.